The summed E-state index contributed by atoms with van der Waals surface area (Å²) in [6, 6.07) is 10.1. The molecule has 2 aromatic carbocycles. The topological polar surface area (TPSA) is 102 Å². The molecular weight excluding hydrogens is 468 g/mol. The van der Waals surface area contributed by atoms with Crippen LogP contribution in [0.2, 0.25) is 0 Å². The molecule has 5 rings (SSSR count). The highest BCUT2D eigenvalue weighted by molar-refractivity contribution is 5.94. The number of rotatable bonds is 6. The molecule has 186 valence electrons. The molecular formula is C26H25F2N5O3. The van der Waals surface area contributed by atoms with Gasteiger partial charge in [-0.3, -0.25) is 9.48 Å². The zero-order valence-electron chi connectivity index (χ0n) is 19.6. The average molecular weight is 494 g/mol. The van der Waals surface area contributed by atoms with E-state index in [4.69, 9.17) is 9.84 Å². The number of hydrogen-bond acceptors (Lipinski definition) is 6. The Bertz CT molecular complexity index is 1390. The predicted molar refractivity (Wildman–Crippen MR) is 129 cm³/mol. The van der Waals surface area contributed by atoms with E-state index < -0.39 is 23.3 Å². The lowest BCUT2D eigenvalue weighted by Crippen LogP contribution is -2.31. The SMILES string of the molecule is COc1nccc(-c2ccc3cn([C@H]4CC[C@H](CNC(=O)c5cc(F)c(O)c(F)c5)CC4)nc3c2)n1. The first-order valence-electron chi connectivity index (χ1n) is 11.7. The number of phenolic OH excluding ortho intramolecular Hbond substituents is 1. The molecule has 10 heteroatoms. The Morgan fingerprint density at radius 3 is 2.61 bits per heavy atom. The van der Waals surface area contributed by atoms with Gasteiger partial charge in [0.25, 0.3) is 5.91 Å². The van der Waals surface area contributed by atoms with Gasteiger partial charge >= 0.3 is 6.01 Å². The minimum atomic E-state index is -1.16. The van der Waals surface area contributed by atoms with Crippen LogP contribution in [-0.4, -0.2) is 44.4 Å². The molecule has 36 heavy (non-hydrogen) atoms. The third-order valence-electron chi connectivity index (χ3n) is 6.66. The van der Waals surface area contributed by atoms with Crippen LogP contribution in [-0.2, 0) is 0 Å². The second-order valence-corrected chi connectivity index (χ2v) is 8.98. The lowest BCUT2D eigenvalue weighted by Gasteiger charge is -2.28. The summed E-state index contributed by atoms with van der Waals surface area (Å²) in [5.41, 5.74) is 2.42. The number of aromatic hydroxyl groups is 1. The summed E-state index contributed by atoms with van der Waals surface area (Å²) in [6.45, 7) is 0.419. The van der Waals surface area contributed by atoms with E-state index >= 15 is 0 Å². The fourth-order valence-corrected chi connectivity index (χ4v) is 4.63. The summed E-state index contributed by atoms with van der Waals surface area (Å²) in [7, 11) is 1.53. The first-order chi connectivity index (χ1) is 17.4. The smallest absolute Gasteiger partial charge is 0.316 e. The van der Waals surface area contributed by atoms with Crippen LogP contribution in [0, 0.1) is 17.6 Å². The molecule has 0 saturated heterocycles. The van der Waals surface area contributed by atoms with E-state index in [-0.39, 0.29) is 17.5 Å². The van der Waals surface area contributed by atoms with Crippen molar-refractivity contribution in [2.75, 3.05) is 13.7 Å². The third kappa shape index (κ3) is 4.84. The first kappa shape index (κ1) is 23.7. The van der Waals surface area contributed by atoms with Crippen molar-refractivity contribution in [3.05, 3.63) is 66.0 Å². The zero-order valence-corrected chi connectivity index (χ0v) is 19.6. The van der Waals surface area contributed by atoms with Crippen LogP contribution < -0.4 is 10.1 Å². The second-order valence-electron chi connectivity index (χ2n) is 8.98. The second kappa shape index (κ2) is 9.88. The number of carbonyl (C=O) groups is 1. The van der Waals surface area contributed by atoms with Crippen molar-refractivity contribution in [3.8, 4) is 23.0 Å². The molecule has 0 spiro atoms. The Kier molecular flexibility index (Phi) is 6.49. The number of hydrogen-bond donors (Lipinski definition) is 2. The third-order valence-corrected chi connectivity index (χ3v) is 6.66. The number of nitrogens with zero attached hydrogens (tertiary/aromatic N) is 4. The number of fused-ring (bicyclic) bond motifs is 1. The van der Waals surface area contributed by atoms with E-state index in [0.29, 0.717) is 12.6 Å². The Hall–Kier alpha value is -4.08. The van der Waals surface area contributed by atoms with E-state index in [1.807, 2.05) is 28.9 Å². The Morgan fingerprint density at radius 2 is 1.89 bits per heavy atom. The van der Waals surface area contributed by atoms with Crippen LogP contribution in [0.25, 0.3) is 22.2 Å². The lowest BCUT2D eigenvalue weighted by atomic mass is 9.86. The van der Waals surface area contributed by atoms with E-state index in [9.17, 15) is 18.7 Å². The van der Waals surface area contributed by atoms with Crippen molar-refractivity contribution in [1.82, 2.24) is 25.1 Å². The van der Waals surface area contributed by atoms with Gasteiger partial charge < -0.3 is 15.2 Å². The minimum absolute atomic E-state index is 0.153. The Labute approximate surface area is 206 Å². The van der Waals surface area contributed by atoms with Crippen LogP contribution in [0.5, 0.6) is 11.8 Å². The number of carbonyl (C=O) groups excluding carboxylic acids is 1. The van der Waals surface area contributed by atoms with Crippen LogP contribution in [0.15, 0.2) is 48.8 Å². The molecule has 0 atom stereocenters. The van der Waals surface area contributed by atoms with Gasteiger partial charge in [0.1, 0.15) is 0 Å². The normalized spacial score (nSPS) is 17.8. The molecule has 0 aliphatic heterocycles. The van der Waals surface area contributed by atoms with Gasteiger partial charge in [-0.1, -0.05) is 12.1 Å². The van der Waals surface area contributed by atoms with Gasteiger partial charge in [0.2, 0.25) is 0 Å². The molecule has 2 N–H and O–H groups in total. The molecule has 0 bridgehead atoms. The van der Waals surface area contributed by atoms with Crippen LogP contribution in [0.4, 0.5) is 8.78 Å². The van der Waals surface area contributed by atoms with E-state index in [0.717, 1.165) is 60.0 Å². The molecule has 1 aliphatic carbocycles. The van der Waals surface area contributed by atoms with Crippen LogP contribution in [0.3, 0.4) is 0 Å². The molecule has 2 aromatic heterocycles. The summed E-state index contributed by atoms with van der Waals surface area (Å²) in [6.07, 6.45) is 7.32. The van der Waals surface area contributed by atoms with Crippen LogP contribution in [0.1, 0.15) is 42.1 Å². The number of ether oxygens (including phenoxy) is 1. The molecule has 0 radical (unpaired) electrons. The minimum Gasteiger partial charge on any atom is -0.503 e. The van der Waals surface area contributed by atoms with Crippen molar-refractivity contribution in [3.63, 3.8) is 0 Å². The van der Waals surface area contributed by atoms with E-state index in [1.54, 1.807) is 6.20 Å². The molecule has 0 unspecified atom stereocenters. The van der Waals surface area contributed by atoms with Gasteiger partial charge in [0, 0.05) is 35.5 Å². The summed E-state index contributed by atoms with van der Waals surface area (Å²) in [5, 5.41) is 17.8. The molecule has 1 amide bonds. The van der Waals surface area contributed by atoms with Crippen molar-refractivity contribution >= 4 is 16.8 Å². The number of aromatic nitrogens is 4. The summed E-state index contributed by atoms with van der Waals surface area (Å²) in [4.78, 5) is 20.7. The Morgan fingerprint density at radius 1 is 1.14 bits per heavy atom. The standard InChI is InChI=1S/C26H25F2N5O3/c1-36-26-29-9-8-22(31-26)16-4-5-17-14-33(32-23(17)12-16)19-6-2-15(3-7-19)13-30-25(35)18-10-20(27)24(34)21(28)11-18/h4-5,8-12,14-15,19,34H,2-3,6-7,13H2,1H3,(H,30,35)/t15-,19-. The van der Waals surface area contributed by atoms with Crippen molar-refractivity contribution < 1.29 is 23.4 Å². The molecule has 1 aliphatic rings. The fraction of sp³-hybridized carbons (Fsp3) is 0.308. The maximum absolute atomic E-state index is 13.5. The van der Waals surface area contributed by atoms with Crippen molar-refractivity contribution in [1.29, 1.82) is 0 Å². The number of amides is 1. The van der Waals surface area contributed by atoms with Crippen molar-refractivity contribution in [2.24, 2.45) is 5.92 Å². The molecule has 8 nitrogen and oxygen atoms in total. The highest BCUT2D eigenvalue weighted by atomic mass is 19.1. The highest BCUT2D eigenvalue weighted by Gasteiger charge is 2.24. The maximum Gasteiger partial charge on any atom is 0.316 e. The zero-order chi connectivity index (χ0) is 25.2. The van der Waals surface area contributed by atoms with Gasteiger partial charge in [-0.25, -0.2) is 13.8 Å². The van der Waals surface area contributed by atoms with Gasteiger partial charge in [0.05, 0.1) is 24.4 Å². The van der Waals surface area contributed by atoms with Gasteiger partial charge in [-0.15, -0.1) is 0 Å². The average Bonchev–Trinajstić information content (AvgIpc) is 3.34. The molecule has 1 fully saturated rings. The lowest BCUT2D eigenvalue weighted by molar-refractivity contribution is 0.0940. The summed E-state index contributed by atoms with van der Waals surface area (Å²) in [5.74, 6) is -3.69. The monoisotopic (exact) mass is 493 g/mol. The predicted octanol–water partition coefficient (Wildman–Crippen LogP) is 4.65. The van der Waals surface area contributed by atoms with Crippen LogP contribution >= 0.6 is 0 Å². The maximum atomic E-state index is 13.5. The van der Waals surface area contributed by atoms with Gasteiger partial charge in [-0.05, 0) is 55.9 Å². The quantitative estimate of drug-likeness (QED) is 0.406. The number of nitrogens with one attached hydrogen (secondary N) is 1. The number of benzene rings is 2. The first-order valence-corrected chi connectivity index (χ1v) is 11.7. The number of halogens is 2. The summed E-state index contributed by atoms with van der Waals surface area (Å²) < 4.78 is 34.2. The fourth-order valence-electron chi connectivity index (χ4n) is 4.63. The van der Waals surface area contributed by atoms with Gasteiger partial charge in [-0.2, -0.15) is 10.1 Å². The Balaban J connectivity index is 1.19. The molecule has 2 heterocycles. The number of phenols is 1. The van der Waals surface area contributed by atoms with Gasteiger partial charge in [0.15, 0.2) is 17.4 Å². The van der Waals surface area contributed by atoms with E-state index in [1.165, 1.54) is 7.11 Å². The molecule has 1 saturated carbocycles. The van der Waals surface area contributed by atoms with E-state index in [2.05, 4.69) is 21.5 Å². The highest BCUT2D eigenvalue weighted by Crippen LogP contribution is 2.33. The summed E-state index contributed by atoms with van der Waals surface area (Å²) >= 11 is 0. The number of methoxy groups -OCH3 is 1. The molecule has 4 aromatic rings. The largest absolute Gasteiger partial charge is 0.503 e. The van der Waals surface area contributed by atoms with Crippen molar-refractivity contribution in [2.45, 2.75) is 31.7 Å².